The summed E-state index contributed by atoms with van der Waals surface area (Å²) in [6.07, 6.45) is 7.69. The van der Waals surface area contributed by atoms with E-state index in [0.29, 0.717) is 17.8 Å². The Kier molecular flexibility index (Phi) is 6.26. The molecule has 1 heterocycles. The minimum atomic E-state index is -0.0531. The molecule has 1 fully saturated rings. The largest absolute Gasteiger partial charge is 0.364 e. The highest BCUT2D eigenvalue weighted by atomic mass is 16.1. The van der Waals surface area contributed by atoms with E-state index >= 15 is 0 Å². The van der Waals surface area contributed by atoms with Crippen LogP contribution in [-0.2, 0) is 6.54 Å². The molecule has 1 amide bonds. The fourth-order valence-electron chi connectivity index (χ4n) is 3.55. The normalized spacial score (nSPS) is 15.0. The Morgan fingerprint density at radius 3 is 2.46 bits per heavy atom. The summed E-state index contributed by atoms with van der Waals surface area (Å²) >= 11 is 0. The van der Waals surface area contributed by atoms with Crippen molar-refractivity contribution in [1.29, 1.82) is 0 Å². The molecule has 0 bridgehead atoms. The van der Waals surface area contributed by atoms with Crippen LogP contribution in [0, 0.1) is 0 Å². The molecular formula is C22H29N3O. The van der Waals surface area contributed by atoms with E-state index in [4.69, 9.17) is 0 Å². The third-order valence-corrected chi connectivity index (χ3v) is 5.07. The van der Waals surface area contributed by atoms with Gasteiger partial charge < -0.3 is 10.2 Å². The second kappa shape index (κ2) is 8.84. The highest BCUT2D eigenvalue weighted by Gasteiger charge is 2.18. The Morgan fingerprint density at radius 1 is 1.12 bits per heavy atom. The molecular weight excluding hydrogens is 322 g/mol. The molecule has 1 aliphatic rings. The van der Waals surface area contributed by atoms with Crippen LogP contribution in [0.15, 0.2) is 48.7 Å². The van der Waals surface area contributed by atoms with Crippen LogP contribution in [0.4, 0.5) is 5.69 Å². The van der Waals surface area contributed by atoms with Crippen LogP contribution in [0.25, 0.3) is 0 Å². The molecule has 1 aliphatic carbocycles. The summed E-state index contributed by atoms with van der Waals surface area (Å²) in [4.78, 5) is 19.2. The molecule has 0 aliphatic heterocycles. The Labute approximate surface area is 156 Å². The number of pyridine rings is 1. The molecule has 0 unspecified atom stereocenters. The van der Waals surface area contributed by atoms with Crippen molar-refractivity contribution in [3.05, 3.63) is 59.9 Å². The third kappa shape index (κ3) is 4.84. The smallest absolute Gasteiger partial charge is 0.270 e. The molecule has 1 saturated carbocycles. The number of anilines is 1. The van der Waals surface area contributed by atoms with Crippen LogP contribution < -0.4 is 10.2 Å². The van der Waals surface area contributed by atoms with Gasteiger partial charge in [-0.1, -0.05) is 49.6 Å². The van der Waals surface area contributed by atoms with E-state index < -0.39 is 0 Å². The summed E-state index contributed by atoms with van der Waals surface area (Å²) in [6.45, 7) is 5.17. The van der Waals surface area contributed by atoms with Gasteiger partial charge in [0.2, 0.25) is 0 Å². The summed E-state index contributed by atoms with van der Waals surface area (Å²) in [7, 11) is 0. The van der Waals surface area contributed by atoms with Crippen molar-refractivity contribution in [3.63, 3.8) is 0 Å². The van der Waals surface area contributed by atoms with Crippen molar-refractivity contribution >= 4 is 11.6 Å². The van der Waals surface area contributed by atoms with Gasteiger partial charge in [0.25, 0.3) is 5.91 Å². The monoisotopic (exact) mass is 351 g/mol. The van der Waals surface area contributed by atoms with E-state index in [1.54, 1.807) is 0 Å². The van der Waals surface area contributed by atoms with Gasteiger partial charge in [0, 0.05) is 18.6 Å². The summed E-state index contributed by atoms with van der Waals surface area (Å²) in [5.74, 6) is -0.0531. The van der Waals surface area contributed by atoms with Gasteiger partial charge in [0.05, 0.1) is 11.9 Å². The van der Waals surface area contributed by atoms with Gasteiger partial charge in [-0.25, -0.2) is 4.98 Å². The second-order valence-corrected chi connectivity index (χ2v) is 7.42. The third-order valence-electron chi connectivity index (χ3n) is 5.07. The zero-order chi connectivity index (χ0) is 18.4. The molecule has 4 nitrogen and oxygen atoms in total. The number of aromatic nitrogens is 1. The molecule has 0 radical (unpaired) electrons. The lowest BCUT2D eigenvalue weighted by molar-refractivity contribution is 0.0922. The average molecular weight is 351 g/mol. The van der Waals surface area contributed by atoms with Gasteiger partial charge in [-0.3, -0.25) is 4.79 Å². The summed E-state index contributed by atoms with van der Waals surface area (Å²) in [5.41, 5.74) is 2.81. The van der Waals surface area contributed by atoms with Crippen molar-refractivity contribution in [1.82, 2.24) is 10.3 Å². The summed E-state index contributed by atoms with van der Waals surface area (Å²) in [6, 6.07) is 14.9. The zero-order valence-electron chi connectivity index (χ0n) is 15.8. The molecule has 1 N–H and O–H groups in total. The van der Waals surface area contributed by atoms with Crippen LogP contribution >= 0.6 is 0 Å². The van der Waals surface area contributed by atoms with Gasteiger partial charge in [0.15, 0.2) is 0 Å². The molecule has 3 rings (SSSR count). The fourth-order valence-corrected chi connectivity index (χ4v) is 3.55. The highest BCUT2D eigenvalue weighted by molar-refractivity contribution is 5.92. The lowest BCUT2D eigenvalue weighted by Gasteiger charge is -2.29. The van der Waals surface area contributed by atoms with Gasteiger partial charge in [-0.05, 0) is 44.4 Å². The molecule has 26 heavy (non-hydrogen) atoms. The van der Waals surface area contributed by atoms with Gasteiger partial charge in [-0.2, -0.15) is 0 Å². The molecule has 4 heteroatoms. The van der Waals surface area contributed by atoms with Crippen molar-refractivity contribution in [2.75, 3.05) is 4.90 Å². The molecule has 2 aromatic rings. The molecule has 0 atom stereocenters. The quantitative estimate of drug-likeness (QED) is 0.830. The van der Waals surface area contributed by atoms with Gasteiger partial charge in [0.1, 0.15) is 5.69 Å². The average Bonchev–Trinajstić information content (AvgIpc) is 2.67. The van der Waals surface area contributed by atoms with Crippen LogP contribution in [0.5, 0.6) is 0 Å². The predicted octanol–water partition coefficient (Wildman–Crippen LogP) is 4.56. The predicted molar refractivity (Wildman–Crippen MR) is 106 cm³/mol. The van der Waals surface area contributed by atoms with Crippen LogP contribution in [-0.4, -0.2) is 23.0 Å². The first-order valence-electron chi connectivity index (χ1n) is 9.71. The van der Waals surface area contributed by atoms with Crippen LogP contribution in [0.1, 0.15) is 62.0 Å². The SMILES string of the molecule is CC(C)N(Cc1ccccc1)c1ccc(C(=O)NC2CCCCC2)nc1. The standard InChI is InChI=1S/C22H29N3O/c1-17(2)25(16-18-9-5-3-6-10-18)20-13-14-21(23-15-20)22(26)24-19-11-7-4-8-12-19/h3,5-6,9-10,13-15,17,19H,4,7-8,11-12,16H2,1-2H3,(H,24,26). The number of hydrogen-bond donors (Lipinski definition) is 1. The van der Waals surface area contributed by atoms with Crippen molar-refractivity contribution in [3.8, 4) is 0 Å². The van der Waals surface area contributed by atoms with E-state index in [1.165, 1.54) is 24.8 Å². The van der Waals surface area contributed by atoms with Crippen LogP contribution in [0.2, 0.25) is 0 Å². The summed E-state index contributed by atoms with van der Waals surface area (Å²) < 4.78 is 0. The Morgan fingerprint density at radius 2 is 1.85 bits per heavy atom. The van der Waals surface area contributed by atoms with E-state index in [0.717, 1.165) is 25.1 Å². The number of carbonyl (C=O) groups is 1. The van der Waals surface area contributed by atoms with Gasteiger partial charge in [-0.15, -0.1) is 0 Å². The zero-order valence-corrected chi connectivity index (χ0v) is 15.8. The van der Waals surface area contributed by atoms with E-state index in [9.17, 15) is 4.79 Å². The molecule has 0 saturated heterocycles. The van der Waals surface area contributed by atoms with Gasteiger partial charge >= 0.3 is 0 Å². The molecule has 1 aromatic carbocycles. The first-order valence-corrected chi connectivity index (χ1v) is 9.71. The number of benzene rings is 1. The number of carbonyl (C=O) groups excluding carboxylic acids is 1. The van der Waals surface area contributed by atoms with E-state index in [2.05, 4.69) is 53.3 Å². The Balaban J connectivity index is 1.67. The number of rotatable bonds is 6. The van der Waals surface area contributed by atoms with Crippen molar-refractivity contribution < 1.29 is 4.79 Å². The number of nitrogens with zero attached hydrogens (tertiary/aromatic N) is 2. The topological polar surface area (TPSA) is 45.2 Å². The first kappa shape index (κ1) is 18.4. The molecule has 1 aromatic heterocycles. The van der Waals surface area contributed by atoms with Crippen LogP contribution in [0.3, 0.4) is 0 Å². The van der Waals surface area contributed by atoms with E-state index in [-0.39, 0.29) is 5.91 Å². The maximum atomic E-state index is 12.4. The lowest BCUT2D eigenvalue weighted by Crippen LogP contribution is -2.36. The minimum Gasteiger partial charge on any atom is -0.364 e. The second-order valence-electron chi connectivity index (χ2n) is 7.42. The number of hydrogen-bond acceptors (Lipinski definition) is 3. The maximum Gasteiger partial charge on any atom is 0.270 e. The first-order chi connectivity index (χ1) is 12.6. The lowest BCUT2D eigenvalue weighted by atomic mass is 9.95. The molecule has 138 valence electrons. The van der Waals surface area contributed by atoms with Crippen molar-refractivity contribution in [2.24, 2.45) is 0 Å². The highest BCUT2D eigenvalue weighted by Crippen LogP contribution is 2.20. The maximum absolute atomic E-state index is 12.4. The van der Waals surface area contributed by atoms with Crippen molar-refractivity contribution in [2.45, 2.75) is 64.6 Å². The Hall–Kier alpha value is -2.36. The Bertz CT molecular complexity index is 691. The van der Waals surface area contributed by atoms with E-state index in [1.807, 2.05) is 24.4 Å². The summed E-state index contributed by atoms with van der Waals surface area (Å²) in [5, 5.41) is 3.13. The number of nitrogens with one attached hydrogen (secondary N) is 1. The molecule has 0 spiro atoms. The number of amides is 1. The fraction of sp³-hybridized carbons (Fsp3) is 0.455. The minimum absolute atomic E-state index is 0.0531.